The zero-order valence-electron chi connectivity index (χ0n) is 11.7. The first kappa shape index (κ1) is 14.4. The summed E-state index contributed by atoms with van der Waals surface area (Å²) in [5, 5.41) is 0.209. The van der Waals surface area contributed by atoms with Gasteiger partial charge in [0.15, 0.2) is 8.32 Å². The third-order valence-electron chi connectivity index (χ3n) is 3.57. The first-order valence-electron chi connectivity index (χ1n) is 6.15. The maximum Gasteiger partial charge on any atom is 0.303 e. The quantitative estimate of drug-likeness (QED) is 0.442. The summed E-state index contributed by atoms with van der Waals surface area (Å²) in [6.45, 7) is 12.6. The third kappa shape index (κ3) is 3.96. The van der Waals surface area contributed by atoms with Crippen molar-refractivity contribution in [2.45, 2.75) is 64.5 Å². The average Bonchev–Trinajstić information content (AvgIpc) is 2.48. The van der Waals surface area contributed by atoms with Gasteiger partial charge >= 0.3 is 5.97 Å². The molecular formula is C13H24O3Si. The van der Waals surface area contributed by atoms with Crippen molar-refractivity contribution in [3.05, 3.63) is 12.2 Å². The molecule has 0 fully saturated rings. The zero-order valence-corrected chi connectivity index (χ0v) is 12.7. The Labute approximate surface area is 105 Å². The van der Waals surface area contributed by atoms with Crippen LogP contribution in [0.3, 0.4) is 0 Å². The second-order valence-corrected chi connectivity index (χ2v) is 10.9. The summed E-state index contributed by atoms with van der Waals surface area (Å²) in [6.07, 6.45) is 4.70. The molecule has 0 heterocycles. The molecule has 0 aliphatic heterocycles. The van der Waals surface area contributed by atoms with Crippen LogP contribution in [-0.2, 0) is 14.0 Å². The summed E-state index contributed by atoms with van der Waals surface area (Å²) in [4.78, 5) is 10.9. The van der Waals surface area contributed by atoms with E-state index in [1.165, 1.54) is 6.92 Å². The van der Waals surface area contributed by atoms with Crippen LogP contribution in [0.1, 0.15) is 34.1 Å². The highest BCUT2D eigenvalue weighted by Crippen LogP contribution is 2.38. The van der Waals surface area contributed by atoms with Gasteiger partial charge in [0.25, 0.3) is 0 Å². The third-order valence-corrected chi connectivity index (χ3v) is 8.08. The SMILES string of the molecule is CC(=O)OC1C=CC(O[Si](C)(C)C(C)(C)C)C1. The Hall–Kier alpha value is -0.613. The highest BCUT2D eigenvalue weighted by molar-refractivity contribution is 6.74. The van der Waals surface area contributed by atoms with E-state index in [2.05, 4.69) is 33.9 Å². The normalized spacial score (nSPS) is 25.1. The highest BCUT2D eigenvalue weighted by atomic mass is 28.4. The lowest BCUT2D eigenvalue weighted by Crippen LogP contribution is -2.43. The van der Waals surface area contributed by atoms with Gasteiger partial charge in [-0.05, 0) is 24.2 Å². The van der Waals surface area contributed by atoms with Crippen LogP contribution in [0.15, 0.2) is 12.2 Å². The number of esters is 1. The van der Waals surface area contributed by atoms with E-state index in [9.17, 15) is 4.79 Å². The molecule has 0 aromatic heterocycles. The van der Waals surface area contributed by atoms with Crippen molar-refractivity contribution in [3.63, 3.8) is 0 Å². The lowest BCUT2D eigenvalue weighted by Gasteiger charge is -2.38. The minimum atomic E-state index is -1.73. The lowest BCUT2D eigenvalue weighted by molar-refractivity contribution is -0.144. The van der Waals surface area contributed by atoms with Gasteiger partial charge in [0.2, 0.25) is 0 Å². The van der Waals surface area contributed by atoms with E-state index in [1.54, 1.807) is 0 Å². The second-order valence-electron chi connectivity index (χ2n) is 6.19. The molecule has 98 valence electrons. The molecule has 0 radical (unpaired) electrons. The summed E-state index contributed by atoms with van der Waals surface area (Å²) < 4.78 is 11.4. The van der Waals surface area contributed by atoms with Crippen molar-refractivity contribution < 1.29 is 14.0 Å². The molecule has 0 bridgehead atoms. The van der Waals surface area contributed by atoms with Crippen molar-refractivity contribution in [1.29, 1.82) is 0 Å². The molecule has 3 nitrogen and oxygen atoms in total. The Bertz CT molecular complexity index is 315. The predicted octanol–water partition coefficient (Wildman–Crippen LogP) is 3.27. The van der Waals surface area contributed by atoms with E-state index in [0.717, 1.165) is 6.42 Å². The molecule has 0 saturated carbocycles. The molecular weight excluding hydrogens is 232 g/mol. The van der Waals surface area contributed by atoms with E-state index in [1.807, 2.05) is 12.2 Å². The first-order valence-corrected chi connectivity index (χ1v) is 9.06. The molecule has 0 spiro atoms. The van der Waals surface area contributed by atoms with Gasteiger partial charge in [-0.1, -0.05) is 26.8 Å². The molecule has 2 unspecified atom stereocenters. The van der Waals surface area contributed by atoms with Crippen LogP contribution in [0, 0.1) is 0 Å². The Kier molecular flexibility index (Phi) is 4.20. The summed E-state index contributed by atoms with van der Waals surface area (Å²) in [6, 6.07) is 0. The van der Waals surface area contributed by atoms with Crippen molar-refractivity contribution >= 4 is 14.3 Å². The number of hydrogen-bond donors (Lipinski definition) is 0. The zero-order chi connectivity index (χ0) is 13.3. The summed E-state index contributed by atoms with van der Waals surface area (Å²) in [5.74, 6) is -0.229. The molecule has 0 amide bonds. The number of carbonyl (C=O) groups excluding carboxylic acids is 1. The van der Waals surface area contributed by atoms with Crippen molar-refractivity contribution in [3.8, 4) is 0 Å². The van der Waals surface area contributed by atoms with E-state index in [4.69, 9.17) is 9.16 Å². The highest BCUT2D eigenvalue weighted by Gasteiger charge is 2.39. The maximum absolute atomic E-state index is 10.9. The van der Waals surface area contributed by atoms with Gasteiger partial charge in [-0.2, -0.15) is 0 Å². The van der Waals surface area contributed by atoms with Gasteiger partial charge in [0.05, 0.1) is 6.10 Å². The summed E-state index contributed by atoms with van der Waals surface area (Å²) in [7, 11) is -1.73. The van der Waals surface area contributed by atoms with Crippen LogP contribution in [0.4, 0.5) is 0 Å². The lowest BCUT2D eigenvalue weighted by atomic mass is 10.2. The topological polar surface area (TPSA) is 35.5 Å². The maximum atomic E-state index is 10.9. The molecule has 2 atom stereocenters. The van der Waals surface area contributed by atoms with Gasteiger partial charge in [-0.3, -0.25) is 4.79 Å². The van der Waals surface area contributed by atoms with Gasteiger partial charge in [-0.25, -0.2) is 0 Å². The monoisotopic (exact) mass is 256 g/mol. The Morgan fingerprint density at radius 3 is 2.24 bits per heavy atom. The van der Waals surface area contributed by atoms with Crippen LogP contribution in [0.2, 0.25) is 18.1 Å². The smallest absolute Gasteiger partial charge is 0.303 e. The Morgan fingerprint density at radius 1 is 1.24 bits per heavy atom. The fourth-order valence-corrected chi connectivity index (χ4v) is 2.86. The Balaban J connectivity index is 2.52. The van der Waals surface area contributed by atoms with E-state index >= 15 is 0 Å². The molecule has 1 rings (SSSR count). The minimum Gasteiger partial charge on any atom is -0.458 e. The predicted molar refractivity (Wildman–Crippen MR) is 71.4 cm³/mol. The average molecular weight is 256 g/mol. The number of carbonyl (C=O) groups is 1. The van der Waals surface area contributed by atoms with Gasteiger partial charge in [0.1, 0.15) is 6.10 Å². The fourth-order valence-electron chi connectivity index (χ4n) is 1.58. The van der Waals surface area contributed by atoms with Crippen LogP contribution in [0.25, 0.3) is 0 Å². The van der Waals surface area contributed by atoms with Crippen LogP contribution >= 0.6 is 0 Å². The van der Waals surface area contributed by atoms with Crippen molar-refractivity contribution in [2.75, 3.05) is 0 Å². The van der Waals surface area contributed by atoms with Crippen molar-refractivity contribution in [2.24, 2.45) is 0 Å². The molecule has 1 aliphatic carbocycles. The second kappa shape index (κ2) is 4.94. The molecule has 1 aliphatic rings. The van der Waals surface area contributed by atoms with E-state index in [-0.39, 0.29) is 23.2 Å². The molecule has 0 aromatic rings. The van der Waals surface area contributed by atoms with Crippen LogP contribution < -0.4 is 0 Å². The van der Waals surface area contributed by atoms with Crippen LogP contribution in [0.5, 0.6) is 0 Å². The number of rotatable bonds is 3. The standard InChI is InChI=1S/C13H24O3Si/c1-10(14)15-11-7-8-12(9-11)16-17(5,6)13(2,3)4/h7-8,11-12H,9H2,1-6H3. The molecule has 0 N–H and O–H groups in total. The van der Waals surface area contributed by atoms with Gasteiger partial charge in [-0.15, -0.1) is 0 Å². The summed E-state index contributed by atoms with van der Waals surface area (Å²) >= 11 is 0. The van der Waals surface area contributed by atoms with Crippen LogP contribution in [-0.4, -0.2) is 26.5 Å². The van der Waals surface area contributed by atoms with Gasteiger partial charge in [0, 0.05) is 13.3 Å². The molecule has 17 heavy (non-hydrogen) atoms. The molecule has 0 saturated heterocycles. The first-order chi connectivity index (χ1) is 7.62. The minimum absolute atomic E-state index is 0.0974. The van der Waals surface area contributed by atoms with E-state index in [0.29, 0.717) is 0 Å². The molecule has 4 heteroatoms. The Morgan fingerprint density at radius 2 is 1.76 bits per heavy atom. The van der Waals surface area contributed by atoms with E-state index < -0.39 is 8.32 Å². The number of ether oxygens (including phenoxy) is 1. The number of hydrogen-bond acceptors (Lipinski definition) is 3. The van der Waals surface area contributed by atoms with Gasteiger partial charge < -0.3 is 9.16 Å². The summed E-state index contributed by atoms with van der Waals surface area (Å²) in [5.41, 5.74) is 0. The molecule has 0 aromatic carbocycles. The fraction of sp³-hybridized carbons (Fsp3) is 0.769. The van der Waals surface area contributed by atoms with Crippen molar-refractivity contribution in [1.82, 2.24) is 0 Å². The largest absolute Gasteiger partial charge is 0.458 e.